The van der Waals surface area contributed by atoms with Crippen molar-refractivity contribution in [2.75, 3.05) is 0 Å². The molecule has 0 N–H and O–H groups in total. The van der Waals surface area contributed by atoms with Crippen LogP contribution in [0.2, 0.25) is 0 Å². The molecule has 3 saturated carbocycles. The van der Waals surface area contributed by atoms with E-state index in [1.165, 1.54) is 70.6 Å². The van der Waals surface area contributed by atoms with Crippen LogP contribution in [0.5, 0.6) is 0 Å². The Morgan fingerprint density at radius 2 is 1.58 bits per heavy atom. The quantitative estimate of drug-likeness (QED) is 0.431. The first-order valence-electron chi connectivity index (χ1n) is 10.8. The Labute approximate surface area is 149 Å². The molecule has 138 valence electrons. The molecule has 0 aliphatic heterocycles. The number of unbranched alkanes of at least 4 members (excludes halogenated alkanes) is 3. The summed E-state index contributed by atoms with van der Waals surface area (Å²) < 4.78 is 5.52. The zero-order valence-corrected chi connectivity index (χ0v) is 16.0. The van der Waals surface area contributed by atoms with Crippen LogP contribution < -0.4 is 0 Å². The topological polar surface area (TPSA) is 26.3 Å². The zero-order valence-electron chi connectivity index (χ0n) is 16.0. The van der Waals surface area contributed by atoms with Crippen LogP contribution in [0.4, 0.5) is 0 Å². The van der Waals surface area contributed by atoms with Crippen molar-refractivity contribution in [1.29, 1.82) is 0 Å². The Balaban J connectivity index is 1.46. The van der Waals surface area contributed by atoms with E-state index in [2.05, 4.69) is 6.92 Å². The Hall–Kier alpha value is -0.530. The average Bonchev–Trinajstić information content (AvgIpc) is 2.57. The summed E-state index contributed by atoms with van der Waals surface area (Å²) in [5, 5.41) is 0. The first-order chi connectivity index (χ1) is 11.7. The van der Waals surface area contributed by atoms with Gasteiger partial charge in [-0.1, -0.05) is 45.4 Å². The number of hydrogen-bond donors (Lipinski definition) is 0. The molecule has 6 atom stereocenters. The minimum Gasteiger partial charge on any atom is -0.463 e. The van der Waals surface area contributed by atoms with Gasteiger partial charge in [0.25, 0.3) is 0 Å². The third kappa shape index (κ3) is 4.55. The highest BCUT2D eigenvalue weighted by Gasteiger charge is 2.44. The highest BCUT2D eigenvalue weighted by molar-refractivity contribution is 5.66. The number of rotatable bonds is 6. The molecule has 0 aromatic heterocycles. The summed E-state index contributed by atoms with van der Waals surface area (Å²) in [7, 11) is 0. The third-order valence-corrected chi connectivity index (χ3v) is 7.40. The molecule has 0 radical (unpaired) electrons. The maximum absolute atomic E-state index is 11.2. The number of carbonyl (C=O) groups excluding carboxylic acids is 1. The van der Waals surface area contributed by atoms with Crippen molar-refractivity contribution >= 4 is 5.97 Å². The van der Waals surface area contributed by atoms with E-state index in [-0.39, 0.29) is 12.1 Å². The van der Waals surface area contributed by atoms with Gasteiger partial charge >= 0.3 is 5.97 Å². The van der Waals surface area contributed by atoms with Crippen molar-refractivity contribution in [3.8, 4) is 0 Å². The maximum atomic E-state index is 11.2. The molecule has 0 aromatic carbocycles. The summed E-state index contributed by atoms with van der Waals surface area (Å²) in [4.78, 5) is 11.2. The van der Waals surface area contributed by atoms with Gasteiger partial charge < -0.3 is 4.74 Å². The van der Waals surface area contributed by atoms with E-state index in [9.17, 15) is 4.79 Å². The Morgan fingerprint density at radius 3 is 2.29 bits per heavy atom. The molecule has 0 saturated heterocycles. The van der Waals surface area contributed by atoms with Crippen LogP contribution in [0.3, 0.4) is 0 Å². The largest absolute Gasteiger partial charge is 0.463 e. The van der Waals surface area contributed by atoms with Crippen LogP contribution in [0.15, 0.2) is 0 Å². The lowest BCUT2D eigenvalue weighted by molar-refractivity contribution is -0.151. The molecule has 24 heavy (non-hydrogen) atoms. The van der Waals surface area contributed by atoms with Crippen molar-refractivity contribution < 1.29 is 9.53 Å². The second kappa shape index (κ2) is 8.72. The summed E-state index contributed by atoms with van der Waals surface area (Å²) in [6.45, 7) is 3.87. The molecule has 2 heteroatoms. The van der Waals surface area contributed by atoms with Gasteiger partial charge in [0.05, 0.1) is 0 Å². The van der Waals surface area contributed by atoms with Crippen molar-refractivity contribution in [3.63, 3.8) is 0 Å². The van der Waals surface area contributed by atoms with Gasteiger partial charge in [-0.05, 0) is 74.5 Å². The minimum atomic E-state index is -0.0873. The molecule has 0 bridgehead atoms. The first kappa shape index (κ1) is 18.3. The summed E-state index contributed by atoms with van der Waals surface area (Å²) in [5.74, 6) is 4.73. The van der Waals surface area contributed by atoms with Crippen LogP contribution >= 0.6 is 0 Å². The Morgan fingerprint density at radius 1 is 0.875 bits per heavy atom. The van der Waals surface area contributed by atoms with E-state index in [0.717, 1.165) is 42.4 Å². The number of fused-ring (bicyclic) bond motifs is 3. The molecule has 3 rings (SSSR count). The molecular formula is C22H38O2. The third-order valence-electron chi connectivity index (χ3n) is 7.40. The summed E-state index contributed by atoms with van der Waals surface area (Å²) >= 11 is 0. The normalized spacial score (nSPS) is 38.9. The molecule has 6 unspecified atom stereocenters. The highest BCUT2D eigenvalue weighted by atomic mass is 16.5. The highest BCUT2D eigenvalue weighted by Crippen LogP contribution is 2.53. The van der Waals surface area contributed by atoms with Crippen molar-refractivity contribution in [2.24, 2.45) is 29.6 Å². The first-order valence-corrected chi connectivity index (χ1v) is 10.8. The van der Waals surface area contributed by atoms with Crippen LogP contribution in [-0.2, 0) is 9.53 Å². The molecule has 3 aliphatic rings. The summed E-state index contributed by atoms with van der Waals surface area (Å²) in [5.41, 5.74) is 0. The molecule has 0 aromatic rings. The summed E-state index contributed by atoms with van der Waals surface area (Å²) in [6, 6.07) is 0. The van der Waals surface area contributed by atoms with Gasteiger partial charge in [0.15, 0.2) is 0 Å². The predicted molar refractivity (Wildman–Crippen MR) is 98.7 cm³/mol. The minimum absolute atomic E-state index is 0.0873. The second-order valence-electron chi connectivity index (χ2n) is 9.00. The van der Waals surface area contributed by atoms with Gasteiger partial charge in [0.1, 0.15) is 6.10 Å². The monoisotopic (exact) mass is 334 g/mol. The fourth-order valence-electron chi connectivity index (χ4n) is 6.31. The van der Waals surface area contributed by atoms with Crippen molar-refractivity contribution in [3.05, 3.63) is 0 Å². The van der Waals surface area contributed by atoms with Gasteiger partial charge in [0, 0.05) is 6.92 Å². The molecule has 0 amide bonds. The molecule has 3 fully saturated rings. The fourth-order valence-corrected chi connectivity index (χ4v) is 6.31. The lowest BCUT2D eigenvalue weighted by Gasteiger charge is -2.50. The smallest absolute Gasteiger partial charge is 0.302 e. The molecule has 3 aliphatic carbocycles. The Bertz CT molecular complexity index is 405. The van der Waals surface area contributed by atoms with Crippen LogP contribution in [0, 0.1) is 29.6 Å². The van der Waals surface area contributed by atoms with Gasteiger partial charge in [-0.2, -0.15) is 0 Å². The average molecular weight is 335 g/mol. The van der Waals surface area contributed by atoms with Crippen LogP contribution in [-0.4, -0.2) is 12.1 Å². The van der Waals surface area contributed by atoms with E-state index in [4.69, 9.17) is 4.74 Å². The predicted octanol–water partition coefficient (Wildman–Crippen LogP) is 6.13. The van der Waals surface area contributed by atoms with Gasteiger partial charge in [0.2, 0.25) is 0 Å². The zero-order chi connectivity index (χ0) is 16.9. The lowest BCUT2D eigenvalue weighted by atomic mass is 9.56. The van der Waals surface area contributed by atoms with Gasteiger partial charge in [-0.15, -0.1) is 0 Å². The van der Waals surface area contributed by atoms with Gasteiger partial charge in [-0.3, -0.25) is 4.79 Å². The molecule has 0 heterocycles. The maximum Gasteiger partial charge on any atom is 0.302 e. The Kier molecular flexibility index (Phi) is 6.63. The SMILES string of the molecule is CCCCCCC1CCC2C(CCC3CC(OC(C)=O)CCC32)C1. The van der Waals surface area contributed by atoms with Crippen molar-refractivity contribution in [1.82, 2.24) is 0 Å². The number of hydrogen-bond acceptors (Lipinski definition) is 2. The second-order valence-corrected chi connectivity index (χ2v) is 9.00. The summed E-state index contributed by atoms with van der Waals surface area (Å²) in [6.07, 6.45) is 18.3. The van der Waals surface area contributed by atoms with Gasteiger partial charge in [-0.25, -0.2) is 0 Å². The fraction of sp³-hybridized carbons (Fsp3) is 0.955. The molecule has 0 spiro atoms. The van der Waals surface area contributed by atoms with Crippen LogP contribution in [0.1, 0.15) is 97.3 Å². The molecular weight excluding hydrogens is 296 g/mol. The standard InChI is InChI=1S/C22H38O2/c1-3-4-5-6-7-17-8-12-21-18(14-17)9-10-19-15-20(24-16(2)23)11-13-22(19)21/h17-22H,3-15H2,1-2H3. The van der Waals surface area contributed by atoms with E-state index in [0.29, 0.717) is 0 Å². The van der Waals surface area contributed by atoms with E-state index >= 15 is 0 Å². The number of carbonyl (C=O) groups is 1. The number of ether oxygens (including phenoxy) is 1. The van der Waals surface area contributed by atoms with E-state index in [1.807, 2.05) is 0 Å². The molecule has 2 nitrogen and oxygen atoms in total. The lowest BCUT2D eigenvalue weighted by Crippen LogP contribution is -2.43. The number of esters is 1. The van der Waals surface area contributed by atoms with E-state index in [1.54, 1.807) is 6.92 Å². The van der Waals surface area contributed by atoms with E-state index < -0.39 is 0 Å². The van der Waals surface area contributed by atoms with Crippen LogP contribution in [0.25, 0.3) is 0 Å². The van der Waals surface area contributed by atoms with Crippen molar-refractivity contribution in [2.45, 2.75) is 103 Å².